The van der Waals surface area contributed by atoms with Crippen LogP contribution in [-0.2, 0) is 0 Å². The maximum absolute atomic E-state index is 13.2. The summed E-state index contributed by atoms with van der Waals surface area (Å²) in [5.74, 6) is 0.114. The third-order valence-corrected chi connectivity index (χ3v) is 7.86. The highest BCUT2D eigenvalue weighted by molar-refractivity contribution is 7.11. The van der Waals surface area contributed by atoms with E-state index in [4.69, 9.17) is 0 Å². The first-order valence-corrected chi connectivity index (χ1v) is 12.9. The number of aromatic nitrogens is 1. The number of likely N-dealkylation sites (tertiary alicyclic amines) is 1. The van der Waals surface area contributed by atoms with E-state index in [0.29, 0.717) is 24.1 Å². The highest BCUT2D eigenvalue weighted by Crippen LogP contribution is 2.30. The molecule has 0 aliphatic carbocycles. The van der Waals surface area contributed by atoms with E-state index in [1.54, 1.807) is 6.20 Å². The van der Waals surface area contributed by atoms with Crippen molar-refractivity contribution >= 4 is 33.9 Å². The molecule has 0 atom stereocenters. The zero-order valence-corrected chi connectivity index (χ0v) is 20.2. The van der Waals surface area contributed by atoms with E-state index in [1.807, 2.05) is 45.5 Å². The summed E-state index contributed by atoms with van der Waals surface area (Å²) in [4.78, 5) is 36.1. The van der Waals surface area contributed by atoms with Gasteiger partial charge >= 0.3 is 0 Å². The van der Waals surface area contributed by atoms with Crippen LogP contribution in [0.15, 0.2) is 78.3 Å². The smallest absolute Gasteiger partial charge is 0.282 e. The van der Waals surface area contributed by atoms with Crippen LogP contribution in [0.4, 0.5) is 0 Å². The fourth-order valence-corrected chi connectivity index (χ4v) is 5.68. The number of benzene rings is 3. The lowest BCUT2D eigenvalue weighted by Crippen LogP contribution is -2.64. The number of thiazole rings is 1. The molecule has 0 radical (unpaired) electrons. The Bertz CT molecular complexity index is 1360. The quantitative estimate of drug-likeness (QED) is 0.437. The van der Waals surface area contributed by atoms with Gasteiger partial charge in [-0.25, -0.2) is 4.98 Å². The number of carbonyl (C=O) groups is 2. The largest absolute Gasteiger partial charge is 0.335 e. The Kier molecular flexibility index (Phi) is 5.80. The first kappa shape index (κ1) is 21.9. The predicted octanol–water partition coefficient (Wildman–Crippen LogP) is 4.25. The number of amides is 2. The molecule has 6 nitrogen and oxygen atoms in total. The molecular formula is C28H26N4O2S. The average Bonchev–Trinajstić information content (AvgIpc) is 3.43. The van der Waals surface area contributed by atoms with E-state index in [2.05, 4.69) is 46.3 Å². The highest BCUT2D eigenvalue weighted by atomic mass is 32.1. The number of piperazine rings is 1. The van der Waals surface area contributed by atoms with Crippen LogP contribution in [-0.4, -0.2) is 76.8 Å². The van der Waals surface area contributed by atoms with Crippen molar-refractivity contribution < 1.29 is 9.59 Å². The van der Waals surface area contributed by atoms with Crippen LogP contribution in [0.5, 0.6) is 0 Å². The zero-order valence-electron chi connectivity index (χ0n) is 19.3. The lowest BCUT2D eigenvalue weighted by atomic mass is 9.96. The van der Waals surface area contributed by atoms with Gasteiger partial charge in [-0.3, -0.25) is 14.5 Å². The van der Waals surface area contributed by atoms with Crippen LogP contribution in [0.1, 0.15) is 20.2 Å². The van der Waals surface area contributed by atoms with Crippen molar-refractivity contribution in [1.29, 1.82) is 0 Å². The van der Waals surface area contributed by atoms with Crippen molar-refractivity contribution in [3.63, 3.8) is 0 Å². The summed E-state index contributed by atoms with van der Waals surface area (Å²) in [6.07, 6.45) is 1.67. The number of nitrogens with zero attached hydrogens (tertiary/aromatic N) is 4. The minimum atomic E-state index is 0.0248. The third kappa shape index (κ3) is 4.22. The Morgan fingerprint density at radius 3 is 2.37 bits per heavy atom. The van der Waals surface area contributed by atoms with Crippen LogP contribution in [0.25, 0.3) is 21.9 Å². The molecule has 3 heterocycles. The molecule has 6 rings (SSSR count). The number of rotatable bonds is 4. The SMILES string of the molecule is O=C(c1ccc2c(-c3ccccc3)cccc2c1)N1CC(N2CCN(C(=O)c3nccs3)CC2)C1. The summed E-state index contributed by atoms with van der Waals surface area (Å²) in [6.45, 7) is 4.56. The molecule has 2 amide bonds. The Morgan fingerprint density at radius 1 is 0.829 bits per heavy atom. The second-order valence-corrected chi connectivity index (χ2v) is 10.0. The van der Waals surface area contributed by atoms with Crippen LogP contribution in [0.2, 0.25) is 0 Å². The molecule has 0 spiro atoms. The lowest BCUT2D eigenvalue weighted by Gasteiger charge is -2.48. The number of carbonyl (C=O) groups excluding carboxylic acids is 2. The van der Waals surface area contributed by atoms with E-state index < -0.39 is 0 Å². The van der Waals surface area contributed by atoms with Gasteiger partial charge < -0.3 is 9.80 Å². The standard InChI is InChI=1S/C28H26N4O2S/c33-27(22-9-10-25-21(17-22)7-4-8-24(25)20-5-2-1-3-6-20)32-18-23(19-32)30-12-14-31(15-13-30)28(34)26-29-11-16-35-26/h1-11,16-17,23H,12-15,18-19H2. The van der Waals surface area contributed by atoms with Crippen molar-refractivity contribution in [1.82, 2.24) is 19.7 Å². The maximum Gasteiger partial charge on any atom is 0.282 e. The van der Waals surface area contributed by atoms with E-state index in [1.165, 1.54) is 22.5 Å². The normalized spacial score (nSPS) is 16.9. The molecule has 4 aromatic rings. The molecular weight excluding hydrogens is 456 g/mol. The summed E-state index contributed by atoms with van der Waals surface area (Å²) in [7, 11) is 0. The Labute approximate surface area is 208 Å². The van der Waals surface area contributed by atoms with Gasteiger partial charge in [-0.1, -0.05) is 54.6 Å². The second-order valence-electron chi connectivity index (χ2n) is 9.14. The van der Waals surface area contributed by atoms with E-state index in [0.717, 1.165) is 42.5 Å². The summed E-state index contributed by atoms with van der Waals surface area (Å²) in [5, 5.41) is 4.63. The summed E-state index contributed by atoms with van der Waals surface area (Å²) in [6, 6.07) is 23.0. The molecule has 0 saturated carbocycles. The number of fused-ring (bicyclic) bond motifs is 1. The van der Waals surface area contributed by atoms with Gasteiger partial charge in [0.2, 0.25) is 0 Å². The van der Waals surface area contributed by atoms with Gasteiger partial charge in [0.1, 0.15) is 0 Å². The maximum atomic E-state index is 13.2. The number of hydrogen-bond donors (Lipinski definition) is 0. The molecule has 0 unspecified atom stereocenters. The number of hydrogen-bond acceptors (Lipinski definition) is 5. The average molecular weight is 483 g/mol. The molecule has 2 saturated heterocycles. The van der Waals surface area contributed by atoms with Crippen LogP contribution in [0, 0.1) is 0 Å². The van der Waals surface area contributed by atoms with Gasteiger partial charge in [-0.15, -0.1) is 11.3 Å². The van der Waals surface area contributed by atoms with Crippen molar-refractivity contribution in [2.75, 3.05) is 39.3 Å². The Morgan fingerprint density at radius 2 is 1.63 bits per heavy atom. The topological polar surface area (TPSA) is 56.8 Å². The third-order valence-electron chi connectivity index (χ3n) is 7.09. The van der Waals surface area contributed by atoms with Gasteiger partial charge in [0.15, 0.2) is 5.01 Å². The summed E-state index contributed by atoms with van der Waals surface area (Å²) >= 11 is 1.39. The first-order chi connectivity index (χ1) is 17.2. The Hall–Kier alpha value is -3.55. The van der Waals surface area contributed by atoms with E-state index >= 15 is 0 Å². The van der Waals surface area contributed by atoms with Crippen molar-refractivity contribution in [2.45, 2.75) is 6.04 Å². The molecule has 176 valence electrons. The van der Waals surface area contributed by atoms with Gasteiger partial charge in [0.05, 0.1) is 0 Å². The molecule has 7 heteroatoms. The highest BCUT2D eigenvalue weighted by Gasteiger charge is 2.37. The van der Waals surface area contributed by atoms with Gasteiger partial charge in [-0.2, -0.15) is 0 Å². The molecule has 3 aromatic carbocycles. The monoisotopic (exact) mass is 482 g/mol. The molecule has 35 heavy (non-hydrogen) atoms. The van der Waals surface area contributed by atoms with Crippen LogP contribution < -0.4 is 0 Å². The zero-order chi connectivity index (χ0) is 23.8. The lowest BCUT2D eigenvalue weighted by molar-refractivity contribution is 0.00854. The van der Waals surface area contributed by atoms with Crippen molar-refractivity contribution in [3.8, 4) is 11.1 Å². The fraction of sp³-hybridized carbons (Fsp3) is 0.250. The van der Waals surface area contributed by atoms with Gasteiger partial charge in [0.25, 0.3) is 11.8 Å². The van der Waals surface area contributed by atoms with Crippen LogP contribution >= 0.6 is 11.3 Å². The molecule has 2 aliphatic rings. The molecule has 0 N–H and O–H groups in total. The van der Waals surface area contributed by atoms with E-state index in [-0.39, 0.29) is 11.8 Å². The molecule has 2 aliphatic heterocycles. The van der Waals surface area contributed by atoms with E-state index in [9.17, 15) is 9.59 Å². The minimum Gasteiger partial charge on any atom is -0.335 e. The Balaban J connectivity index is 1.08. The van der Waals surface area contributed by atoms with Crippen LogP contribution in [0.3, 0.4) is 0 Å². The minimum absolute atomic E-state index is 0.0248. The first-order valence-electron chi connectivity index (χ1n) is 12.0. The summed E-state index contributed by atoms with van der Waals surface area (Å²) in [5.41, 5.74) is 3.09. The second kappa shape index (κ2) is 9.24. The molecule has 0 bridgehead atoms. The van der Waals surface area contributed by atoms with Crippen molar-refractivity contribution in [3.05, 3.63) is 88.9 Å². The molecule has 1 aromatic heterocycles. The van der Waals surface area contributed by atoms with Gasteiger partial charge in [-0.05, 0) is 34.0 Å². The predicted molar refractivity (Wildman–Crippen MR) is 139 cm³/mol. The fourth-order valence-electron chi connectivity index (χ4n) is 5.08. The van der Waals surface area contributed by atoms with Gasteiger partial charge in [0, 0.05) is 62.5 Å². The molecule has 2 fully saturated rings. The van der Waals surface area contributed by atoms with Crippen molar-refractivity contribution in [2.24, 2.45) is 0 Å². The summed E-state index contributed by atoms with van der Waals surface area (Å²) < 4.78 is 0.